The Hall–Kier alpha value is -4.20. The average Bonchev–Trinajstić information content (AvgIpc) is 3.30. The SMILES string of the molecule is COc1ccc(CCNC(=O)c2cc(-c3ccc(F)cc3)nn2-c2ccc(F)cc2)cc1OC. The van der Waals surface area contributed by atoms with Crippen molar-refractivity contribution in [1.82, 2.24) is 15.1 Å². The lowest BCUT2D eigenvalue weighted by atomic mass is 10.1. The summed E-state index contributed by atoms with van der Waals surface area (Å²) in [4.78, 5) is 13.1. The predicted octanol–water partition coefficient (Wildman–Crippen LogP) is 4.81. The summed E-state index contributed by atoms with van der Waals surface area (Å²) >= 11 is 0. The van der Waals surface area contributed by atoms with Crippen molar-refractivity contribution < 1.29 is 23.0 Å². The molecule has 0 bridgehead atoms. The van der Waals surface area contributed by atoms with Gasteiger partial charge in [-0.2, -0.15) is 5.10 Å². The maximum Gasteiger partial charge on any atom is 0.270 e. The number of nitrogens with one attached hydrogen (secondary N) is 1. The smallest absolute Gasteiger partial charge is 0.270 e. The number of methoxy groups -OCH3 is 2. The lowest BCUT2D eigenvalue weighted by Gasteiger charge is -2.11. The number of carbonyl (C=O) groups is 1. The van der Waals surface area contributed by atoms with Crippen LogP contribution in [0.15, 0.2) is 72.8 Å². The van der Waals surface area contributed by atoms with Crippen molar-refractivity contribution in [3.05, 3.63) is 95.7 Å². The lowest BCUT2D eigenvalue weighted by Crippen LogP contribution is -2.27. The number of hydrogen-bond acceptors (Lipinski definition) is 4. The fourth-order valence-electron chi connectivity index (χ4n) is 3.53. The van der Waals surface area contributed by atoms with Gasteiger partial charge in [0.25, 0.3) is 5.91 Å². The molecular weight excluding hydrogens is 440 g/mol. The molecule has 1 aromatic heterocycles. The summed E-state index contributed by atoms with van der Waals surface area (Å²) in [5.74, 6) is 0.146. The van der Waals surface area contributed by atoms with E-state index in [9.17, 15) is 13.6 Å². The van der Waals surface area contributed by atoms with Crippen LogP contribution < -0.4 is 14.8 Å². The third kappa shape index (κ3) is 5.06. The lowest BCUT2D eigenvalue weighted by molar-refractivity contribution is 0.0946. The number of ether oxygens (including phenoxy) is 2. The standard InChI is InChI=1S/C26H23F2N3O3/c1-33-24-12-3-17(15-25(24)34-2)13-14-29-26(32)23-16-22(18-4-6-19(27)7-5-18)30-31(23)21-10-8-20(28)9-11-21/h3-12,15-16H,13-14H2,1-2H3,(H,29,32). The third-order valence-corrected chi connectivity index (χ3v) is 5.30. The number of halogens is 2. The fourth-order valence-corrected chi connectivity index (χ4v) is 3.53. The van der Waals surface area contributed by atoms with Gasteiger partial charge in [-0.3, -0.25) is 4.79 Å². The largest absolute Gasteiger partial charge is 0.493 e. The van der Waals surface area contributed by atoms with Crippen LogP contribution in [-0.2, 0) is 6.42 Å². The minimum atomic E-state index is -0.393. The van der Waals surface area contributed by atoms with E-state index in [1.54, 1.807) is 32.4 Å². The first-order valence-corrected chi connectivity index (χ1v) is 10.6. The molecule has 0 saturated carbocycles. The van der Waals surface area contributed by atoms with E-state index >= 15 is 0 Å². The monoisotopic (exact) mass is 463 g/mol. The van der Waals surface area contributed by atoms with Crippen molar-refractivity contribution in [1.29, 1.82) is 0 Å². The minimum Gasteiger partial charge on any atom is -0.493 e. The van der Waals surface area contributed by atoms with E-state index in [0.717, 1.165) is 5.56 Å². The number of aromatic nitrogens is 2. The molecule has 0 aliphatic rings. The first-order valence-electron chi connectivity index (χ1n) is 10.6. The summed E-state index contributed by atoms with van der Waals surface area (Å²) in [5, 5.41) is 7.42. The fraction of sp³-hybridized carbons (Fsp3) is 0.154. The zero-order chi connectivity index (χ0) is 24.1. The summed E-state index contributed by atoms with van der Waals surface area (Å²) in [5.41, 5.74) is 2.92. The molecule has 4 rings (SSSR count). The van der Waals surface area contributed by atoms with Crippen LogP contribution in [-0.4, -0.2) is 36.5 Å². The molecule has 8 heteroatoms. The number of hydrogen-bond donors (Lipinski definition) is 1. The first kappa shape index (κ1) is 23.0. The van der Waals surface area contributed by atoms with Gasteiger partial charge in [-0.25, -0.2) is 13.5 Å². The zero-order valence-corrected chi connectivity index (χ0v) is 18.7. The van der Waals surface area contributed by atoms with Gasteiger partial charge < -0.3 is 14.8 Å². The molecule has 0 aliphatic carbocycles. The Labute approximate surface area is 195 Å². The molecular formula is C26H23F2N3O3. The molecule has 0 aliphatic heterocycles. The number of amides is 1. The first-order chi connectivity index (χ1) is 16.5. The van der Waals surface area contributed by atoms with E-state index in [0.29, 0.717) is 41.4 Å². The predicted molar refractivity (Wildman–Crippen MR) is 124 cm³/mol. The normalized spacial score (nSPS) is 10.7. The Morgan fingerprint density at radius 2 is 1.53 bits per heavy atom. The number of rotatable bonds is 8. The summed E-state index contributed by atoms with van der Waals surface area (Å²) < 4.78 is 38.8. The van der Waals surface area contributed by atoms with E-state index in [4.69, 9.17) is 9.47 Å². The van der Waals surface area contributed by atoms with E-state index in [2.05, 4.69) is 10.4 Å². The van der Waals surface area contributed by atoms with E-state index in [-0.39, 0.29) is 17.4 Å². The summed E-state index contributed by atoms with van der Waals surface area (Å²) in [7, 11) is 3.14. The molecule has 1 amide bonds. The van der Waals surface area contributed by atoms with Gasteiger partial charge >= 0.3 is 0 Å². The van der Waals surface area contributed by atoms with Crippen molar-refractivity contribution >= 4 is 5.91 Å². The Morgan fingerprint density at radius 3 is 2.18 bits per heavy atom. The van der Waals surface area contributed by atoms with Gasteiger partial charge in [0.15, 0.2) is 11.5 Å². The van der Waals surface area contributed by atoms with Crippen LogP contribution >= 0.6 is 0 Å². The van der Waals surface area contributed by atoms with Crippen LogP contribution in [0.1, 0.15) is 16.1 Å². The van der Waals surface area contributed by atoms with Crippen molar-refractivity contribution in [2.24, 2.45) is 0 Å². The van der Waals surface area contributed by atoms with Crippen molar-refractivity contribution in [3.63, 3.8) is 0 Å². The molecule has 0 unspecified atom stereocenters. The van der Waals surface area contributed by atoms with Gasteiger partial charge in [-0.05, 0) is 78.7 Å². The van der Waals surface area contributed by atoms with Gasteiger partial charge in [-0.1, -0.05) is 6.07 Å². The Balaban J connectivity index is 1.56. The molecule has 1 N–H and O–H groups in total. The average molecular weight is 463 g/mol. The van der Waals surface area contributed by atoms with Crippen molar-refractivity contribution in [2.75, 3.05) is 20.8 Å². The molecule has 0 spiro atoms. The minimum absolute atomic E-state index is 0.276. The molecule has 1 heterocycles. The van der Waals surface area contributed by atoms with Crippen LogP contribution in [0.3, 0.4) is 0 Å². The number of benzene rings is 3. The number of carbonyl (C=O) groups excluding carboxylic acids is 1. The molecule has 6 nitrogen and oxygen atoms in total. The molecule has 174 valence electrons. The van der Waals surface area contributed by atoms with Gasteiger partial charge in [0.2, 0.25) is 0 Å². The highest BCUT2D eigenvalue weighted by Gasteiger charge is 2.18. The molecule has 3 aromatic carbocycles. The third-order valence-electron chi connectivity index (χ3n) is 5.30. The number of nitrogens with zero attached hydrogens (tertiary/aromatic N) is 2. The van der Waals surface area contributed by atoms with Crippen LogP contribution in [0, 0.1) is 11.6 Å². The quantitative estimate of drug-likeness (QED) is 0.407. The van der Waals surface area contributed by atoms with Crippen LogP contribution in [0.4, 0.5) is 8.78 Å². The summed E-state index contributed by atoms with van der Waals surface area (Å²) in [6, 6.07) is 18.7. The molecule has 0 fully saturated rings. The molecule has 0 saturated heterocycles. The highest BCUT2D eigenvalue weighted by molar-refractivity contribution is 5.94. The van der Waals surface area contributed by atoms with E-state index < -0.39 is 5.82 Å². The molecule has 0 atom stereocenters. The maximum absolute atomic E-state index is 13.4. The van der Waals surface area contributed by atoms with Gasteiger partial charge in [-0.15, -0.1) is 0 Å². The van der Waals surface area contributed by atoms with Gasteiger partial charge in [0.1, 0.15) is 17.3 Å². The molecule has 4 aromatic rings. The zero-order valence-electron chi connectivity index (χ0n) is 18.7. The summed E-state index contributed by atoms with van der Waals surface area (Å²) in [6.07, 6.45) is 0.571. The topological polar surface area (TPSA) is 65.4 Å². The van der Waals surface area contributed by atoms with Crippen LogP contribution in [0.25, 0.3) is 16.9 Å². The highest BCUT2D eigenvalue weighted by Crippen LogP contribution is 2.27. The second kappa shape index (κ2) is 10.2. The maximum atomic E-state index is 13.4. The van der Waals surface area contributed by atoms with Gasteiger partial charge in [0, 0.05) is 12.1 Å². The highest BCUT2D eigenvalue weighted by atomic mass is 19.1. The second-order valence-electron chi connectivity index (χ2n) is 7.51. The Bertz CT molecular complexity index is 1290. The molecule has 0 radical (unpaired) electrons. The van der Waals surface area contributed by atoms with Gasteiger partial charge in [0.05, 0.1) is 25.6 Å². The summed E-state index contributed by atoms with van der Waals surface area (Å²) in [6.45, 7) is 0.370. The van der Waals surface area contributed by atoms with Crippen molar-refractivity contribution in [2.45, 2.75) is 6.42 Å². The van der Waals surface area contributed by atoms with Crippen LogP contribution in [0.2, 0.25) is 0 Å². The van der Waals surface area contributed by atoms with E-state index in [1.165, 1.54) is 41.1 Å². The Morgan fingerprint density at radius 1 is 0.882 bits per heavy atom. The van der Waals surface area contributed by atoms with Crippen molar-refractivity contribution in [3.8, 4) is 28.4 Å². The van der Waals surface area contributed by atoms with E-state index in [1.807, 2.05) is 18.2 Å². The molecule has 34 heavy (non-hydrogen) atoms. The second-order valence-corrected chi connectivity index (χ2v) is 7.51. The van der Waals surface area contributed by atoms with Crippen LogP contribution in [0.5, 0.6) is 11.5 Å². The Kier molecular flexibility index (Phi) is 6.87.